The molecule has 0 saturated heterocycles. The number of aliphatic hydroxyl groups is 1. The Morgan fingerprint density at radius 3 is 2.33 bits per heavy atom. The second-order valence-electron chi connectivity index (χ2n) is 2.88. The van der Waals surface area contributed by atoms with E-state index < -0.39 is 18.0 Å². The van der Waals surface area contributed by atoms with Gasteiger partial charge in [-0.25, -0.2) is 0 Å². The summed E-state index contributed by atoms with van der Waals surface area (Å²) in [7, 11) is 1.31. The second kappa shape index (κ2) is 4.93. The summed E-state index contributed by atoms with van der Waals surface area (Å²) in [6, 6.07) is 0. The molecule has 0 radical (unpaired) electrons. The molecule has 0 aliphatic rings. The van der Waals surface area contributed by atoms with E-state index in [0.717, 1.165) is 0 Å². The maximum atomic E-state index is 11.1. The molecule has 3 nitrogen and oxygen atoms in total. The molecule has 0 heterocycles. The van der Waals surface area contributed by atoms with Gasteiger partial charge in [0.25, 0.3) is 0 Å². The SMILES string of the molecule is C=CC(C)C(C(=O)OC)C(C)O. The molecule has 0 aromatic rings. The average molecular weight is 172 g/mol. The third kappa shape index (κ3) is 2.66. The highest BCUT2D eigenvalue weighted by molar-refractivity contribution is 5.73. The van der Waals surface area contributed by atoms with Crippen molar-refractivity contribution in [1.82, 2.24) is 0 Å². The van der Waals surface area contributed by atoms with Gasteiger partial charge >= 0.3 is 5.97 Å². The van der Waals surface area contributed by atoms with Crippen molar-refractivity contribution in [2.75, 3.05) is 7.11 Å². The molecule has 12 heavy (non-hydrogen) atoms. The molecule has 0 amide bonds. The first-order valence-corrected chi connectivity index (χ1v) is 3.93. The largest absolute Gasteiger partial charge is 0.469 e. The van der Waals surface area contributed by atoms with Crippen molar-refractivity contribution in [3.8, 4) is 0 Å². The van der Waals surface area contributed by atoms with Gasteiger partial charge in [0.2, 0.25) is 0 Å². The molecule has 0 aliphatic carbocycles. The summed E-state index contributed by atoms with van der Waals surface area (Å²) in [4.78, 5) is 11.1. The summed E-state index contributed by atoms with van der Waals surface area (Å²) in [6.07, 6.45) is 0.930. The number of methoxy groups -OCH3 is 1. The third-order valence-electron chi connectivity index (χ3n) is 1.93. The zero-order valence-electron chi connectivity index (χ0n) is 7.78. The Bertz CT molecular complexity index is 163. The van der Waals surface area contributed by atoms with Gasteiger partial charge in [-0.2, -0.15) is 0 Å². The highest BCUT2D eigenvalue weighted by Crippen LogP contribution is 2.18. The molecule has 3 atom stereocenters. The molecule has 0 aliphatic heterocycles. The van der Waals surface area contributed by atoms with Gasteiger partial charge in [0.15, 0.2) is 0 Å². The predicted molar refractivity (Wildman–Crippen MR) is 46.5 cm³/mol. The van der Waals surface area contributed by atoms with Crippen LogP contribution < -0.4 is 0 Å². The Labute approximate surface area is 73.0 Å². The maximum absolute atomic E-state index is 11.1. The van der Waals surface area contributed by atoms with Gasteiger partial charge in [0.1, 0.15) is 0 Å². The van der Waals surface area contributed by atoms with Crippen LogP contribution in [0.4, 0.5) is 0 Å². The molecule has 1 N–H and O–H groups in total. The molecule has 3 heteroatoms. The lowest BCUT2D eigenvalue weighted by Crippen LogP contribution is -2.31. The average Bonchev–Trinajstić information content (AvgIpc) is 2.03. The van der Waals surface area contributed by atoms with E-state index in [4.69, 9.17) is 0 Å². The Kier molecular flexibility index (Phi) is 4.59. The van der Waals surface area contributed by atoms with Crippen molar-refractivity contribution in [1.29, 1.82) is 0 Å². The highest BCUT2D eigenvalue weighted by atomic mass is 16.5. The lowest BCUT2D eigenvalue weighted by molar-refractivity contribution is -0.150. The van der Waals surface area contributed by atoms with Gasteiger partial charge in [-0.1, -0.05) is 13.0 Å². The zero-order valence-corrected chi connectivity index (χ0v) is 7.78. The summed E-state index contributed by atoms with van der Waals surface area (Å²) in [5.41, 5.74) is 0. The topological polar surface area (TPSA) is 46.5 Å². The highest BCUT2D eigenvalue weighted by Gasteiger charge is 2.28. The van der Waals surface area contributed by atoms with Crippen LogP contribution in [0.1, 0.15) is 13.8 Å². The molecule has 0 spiro atoms. The quantitative estimate of drug-likeness (QED) is 0.508. The number of rotatable bonds is 4. The van der Waals surface area contributed by atoms with Crippen LogP contribution in [-0.2, 0) is 9.53 Å². The van der Waals surface area contributed by atoms with Crippen molar-refractivity contribution in [3.63, 3.8) is 0 Å². The predicted octanol–water partition coefficient (Wildman–Crippen LogP) is 0.978. The molecule has 70 valence electrons. The fourth-order valence-electron chi connectivity index (χ4n) is 1.13. The van der Waals surface area contributed by atoms with Crippen molar-refractivity contribution < 1.29 is 14.6 Å². The molecule has 0 fully saturated rings. The first-order valence-electron chi connectivity index (χ1n) is 3.93. The summed E-state index contributed by atoms with van der Waals surface area (Å²) < 4.78 is 4.55. The monoisotopic (exact) mass is 172 g/mol. The minimum Gasteiger partial charge on any atom is -0.469 e. The van der Waals surface area contributed by atoms with E-state index in [0.29, 0.717) is 0 Å². The molecule has 3 unspecified atom stereocenters. The minimum atomic E-state index is -0.703. The standard InChI is InChI=1S/C9H16O3/c1-5-6(2)8(7(3)10)9(11)12-4/h5-8,10H,1H2,2-4H3. The molecule has 0 rings (SSSR count). The first-order chi connectivity index (χ1) is 5.54. The number of hydrogen-bond donors (Lipinski definition) is 1. The van der Waals surface area contributed by atoms with Gasteiger partial charge in [-0.3, -0.25) is 4.79 Å². The third-order valence-corrected chi connectivity index (χ3v) is 1.93. The van der Waals surface area contributed by atoms with Gasteiger partial charge in [0.05, 0.1) is 19.1 Å². The van der Waals surface area contributed by atoms with Crippen molar-refractivity contribution in [2.24, 2.45) is 11.8 Å². The zero-order chi connectivity index (χ0) is 9.72. The number of ether oxygens (including phenoxy) is 1. The summed E-state index contributed by atoms with van der Waals surface area (Å²) in [5, 5.41) is 9.27. The van der Waals surface area contributed by atoms with E-state index in [1.807, 2.05) is 6.92 Å². The fourth-order valence-corrected chi connectivity index (χ4v) is 1.13. The van der Waals surface area contributed by atoms with Crippen LogP contribution in [0.5, 0.6) is 0 Å². The van der Waals surface area contributed by atoms with Crippen LogP contribution in [0.2, 0.25) is 0 Å². The Balaban J connectivity index is 4.42. The van der Waals surface area contributed by atoms with Gasteiger partial charge in [-0.05, 0) is 12.8 Å². The van der Waals surface area contributed by atoms with E-state index in [2.05, 4.69) is 11.3 Å². The molecule has 0 aromatic heterocycles. The molecular weight excluding hydrogens is 156 g/mol. The Hall–Kier alpha value is -0.830. The number of aliphatic hydroxyl groups excluding tert-OH is 1. The Morgan fingerprint density at radius 2 is 2.08 bits per heavy atom. The fraction of sp³-hybridized carbons (Fsp3) is 0.667. The lowest BCUT2D eigenvalue weighted by Gasteiger charge is -2.21. The van der Waals surface area contributed by atoms with Gasteiger partial charge in [0, 0.05) is 0 Å². The number of carbonyl (C=O) groups excluding carboxylic acids is 1. The molecule has 0 bridgehead atoms. The number of hydrogen-bond acceptors (Lipinski definition) is 3. The van der Waals surface area contributed by atoms with E-state index >= 15 is 0 Å². The van der Waals surface area contributed by atoms with Gasteiger partial charge < -0.3 is 9.84 Å². The number of allylic oxidation sites excluding steroid dienone is 1. The van der Waals surface area contributed by atoms with Gasteiger partial charge in [-0.15, -0.1) is 6.58 Å². The van der Waals surface area contributed by atoms with Crippen LogP contribution in [0, 0.1) is 11.8 Å². The molecule has 0 aromatic carbocycles. The second-order valence-corrected chi connectivity index (χ2v) is 2.88. The smallest absolute Gasteiger partial charge is 0.311 e. The summed E-state index contributed by atoms with van der Waals surface area (Å²) in [6.45, 7) is 6.95. The molecule has 0 saturated carbocycles. The first kappa shape index (κ1) is 11.2. The van der Waals surface area contributed by atoms with E-state index in [9.17, 15) is 9.90 Å². The van der Waals surface area contributed by atoms with Crippen LogP contribution in [0.25, 0.3) is 0 Å². The van der Waals surface area contributed by atoms with Crippen molar-refractivity contribution >= 4 is 5.97 Å². The van der Waals surface area contributed by atoms with E-state index in [1.54, 1.807) is 13.0 Å². The van der Waals surface area contributed by atoms with Crippen molar-refractivity contribution in [2.45, 2.75) is 20.0 Å². The van der Waals surface area contributed by atoms with E-state index in [1.165, 1.54) is 7.11 Å². The van der Waals surface area contributed by atoms with Crippen molar-refractivity contribution in [3.05, 3.63) is 12.7 Å². The lowest BCUT2D eigenvalue weighted by atomic mass is 9.90. The normalized spacial score (nSPS) is 17.7. The Morgan fingerprint density at radius 1 is 1.58 bits per heavy atom. The van der Waals surface area contributed by atoms with Crippen LogP contribution in [0.15, 0.2) is 12.7 Å². The van der Waals surface area contributed by atoms with E-state index in [-0.39, 0.29) is 5.92 Å². The van der Waals surface area contributed by atoms with Crippen LogP contribution in [0.3, 0.4) is 0 Å². The van der Waals surface area contributed by atoms with Crippen LogP contribution in [-0.4, -0.2) is 24.3 Å². The summed E-state index contributed by atoms with van der Waals surface area (Å²) >= 11 is 0. The van der Waals surface area contributed by atoms with Crippen LogP contribution >= 0.6 is 0 Å². The summed E-state index contributed by atoms with van der Waals surface area (Å²) in [5.74, 6) is -0.970. The maximum Gasteiger partial charge on any atom is 0.311 e. The number of carbonyl (C=O) groups is 1. The minimum absolute atomic E-state index is 0.0718. The molecular formula is C9H16O3. The number of esters is 1.